The van der Waals surface area contributed by atoms with Gasteiger partial charge in [-0.05, 0) is 61.6 Å². The summed E-state index contributed by atoms with van der Waals surface area (Å²) in [5.74, 6) is -0.331. The third-order valence-electron chi connectivity index (χ3n) is 5.05. The van der Waals surface area contributed by atoms with Crippen molar-refractivity contribution in [2.24, 2.45) is 0 Å². The molecular weight excluding hydrogens is 408 g/mol. The van der Waals surface area contributed by atoms with Gasteiger partial charge in [-0.25, -0.2) is 8.42 Å². The first kappa shape index (κ1) is 23.2. The first-order chi connectivity index (χ1) is 13.6. The minimum Gasteiger partial charge on any atom is -0.347 e. The third-order valence-corrected chi connectivity index (χ3v) is 6.47. The number of halogens is 1. The molecule has 2 aromatic carbocycles. The monoisotopic (exact) mass is 436 g/mol. The lowest BCUT2D eigenvalue weighted by atomic mass is 9.99. The number of hydrogen-bond acceptors (Lipinski definition) is 3. The Balaban J connectivity index is 2.36. The second kappa shape index (κ2) is 9.63. The van der Waals surface area contributed by atoms with Crippen molar-refractivity contribution in [2.45, 2.75) is 52.6 Å². The van der Waals surface area contributed by atoms with Crippen LogP contribution in [0.15, 0.2) is 42.5 Å². The molecule has 158 valence electrons. The largest absolute Gasteiger partial charge is 0.347 e. The molecule has 0 aromatic heterocycles. The molecule has 2 aromatic rings. The number of aryl methyl sites for hydroxylation is 2. The summed E-state index contributed by atoms with van der Waals surface area (Å²) in [6.07, 6.45) is 2.12. The van der Waals surface area contributed by atoms with Crippen molar-refractivity contribution in [3.05, 3.63) is 64.2 Å². The van der Waals surface area contributed by atoms with Crippen molar-refractivity contribution in [1.82, 2.24) is 5.32 Å². The van der Waals surface area contributed by atoms with E-state index >= 15 is 0 Å². The smallest absolute Gasteiger partial charge is 0.244 e. The quantitative estimate of drug-likeness (QED) is 0.648. The van der Waals surface area contributed by atoms with Crippen LogP contribution in [0.1, 0.15) is 49.4 Å². The summed E-state index contributed by atoms with van der Waals surface area (Å²) in [7, 11) is -3.70. The highest BCUT2D eigenvalue weighted by Gasteiger charge is 2.32. The molecule has 0 saturated carbocycles. The number of benzene rings is 2. The maximum atomic E-state index is 13.2. The van der Waals surface area contributed by atoms with Gasteiger partial charge >= 0.3 is 0 Å². The summed E-state index contributed by atoms with van der Waals surface area (Å²) in [4.78, 5) is 13.2. The van der Waals surface area contributed by atoms with Gasteiger partial charge in [-0.3, -0.25) is 9.10 Å². The molecule has 0 fully saturated rings. The Kier molecular flexibility index (Phi) is 7.72. The average molecular weight is 437 g/mol. The zero-order chi connectivity index (χ0) is 21.8. The summed E-state index contributed by atoms with van der Waals surface area (Å²) < 4.78 is 26.3. The molecule has 0 radical (unpaired) electrons. The van der Waals surface area contributed by atoms with Crippen LogP contribution in [0.2, 0.25) is 5.02 Å². The van der Waals surface area contributed by atoms with Crippen LogP contribution in [0.5, 0.6) is 0 Å². The topological polar surface area (TPSA) is 66.5 Å². The SMILES string of the molecule is CC[C@H](NC(=O)[C@H](CC)N(c1cccc(Cl)c1)S(C)(=O)=O)c1ccc(C)c(C)c1. The zero-order valence-corrected chi connectivity index (χ0v) is 19.1. The first-order valence-corrected chi connectivity index (χ1v) is 11.9. The summed E-state index contributed by atoms with van der Waals surface area (Å²) in [6, 6.07) is 11.6. The maximum Gasteiger partial charge on any atom is 0.244 e. The number of nitrogens with zero attached hydrogens (tertiary/aromatic N) is 1. The van der Waals surface area contributed by atoms with E-state index in [1.807, 2.05) is 32.9 Å². The van der Waals surface area contributed by atoms with E-state index in [0.29, 0.717) is 23.6 Å². The van der Waals surface area contributed by atoms with E-state index in [1.165, 1.54) is 5.56 Å². The third kappa shape index (κ3) is 5.73. The van der Waals surface area contributed by atoms with Crippen LogP contribution in [0.25, 0.3) is 0 Å². The Morgan fingerprint density at radius 2 is 1.76 bits per heavy atom. The van der Waals surface area contributed by atoms with E-state index < -0.39 is 16.1 Å². The van der Waals surface area contributed by atoms with Gasteiger partial charge in [0.25, 0.3) is 0 Å². The van der Waals surface area contributed by atoms with E-state index in [0.717, 1.165) is 21.7 Å². The lowest BCUT2D eigenvalue weighted by molar-refractivity contribution is -0.123. The van der Waals surface area contributed by atoms with Gasteiger partial charge in [-0.1, -0.05) is 49.7 Å². The highest BCUT2D eigenvalue weighted by atomic mass is 35.5. The first-order valence-electron chi connectivity index (χ1n) is 9.71. The van der Waals surface area contributed by atoms with Crippen LogP contribution < -0.4 is 9.62 Å². The fourth-order valence-corrected chi connectivity index (χ4v) is 4.73. The fourth-order valence-electron chi connectivity index (χ4n) is 3.34. The van der Waals surface area contributed by atoms with Gasteiger partial charge in [0, 0.05) is 5.02 Å². The van der Waals surface area contributed by atoms with Crippen molar-refractivity contribution < 1.29 is 13.2 Å². The lowest BCUT2D eigenvalue weighted by Crippen LogP contribution is -2.50. The molecule has 0 aliphatic rings. The summed E-state index contributed by atoms with van der Waals surface area (Å²) in [6.45, 7) is 7.86. The minimum absolute atomic E-state index is 0.198. The zero-order valence-electron chi connectivity index (χ0n) is 17.6. The summed E-state index contributed by atoms with van der Waals surface area (Å²) >= 11 is 6.06. The normalized spacial score (nSPS) is 13.6. The van der Waals surface area contributed by atoms with Crippen LogP contribution >= 0.6 is 11.6 Å². The Morgan fingerprint density at radius 1 is 1.07 bits per heavy atom. The molecule has 0 aliphatic carbocycles. The highest BCUT2D eigenvalue weighted by molar-refractivity contribution is 7.92. The van der Waals surface area contributed by atoms with Crippen molar-refractivity contribution in [3.8, 4) is 0 Å². The van der Waals surface area contributed by atoms with Gasteiger partial charge in [0.2, 0.25) is 15.9 Å². The number of sulfonamides is 1. The molecule has 0 bridgehead atoms. The number of nitrogens with one attached hydrogen (secondary N) is 1. The number of anilines is 1. The molecule has 0 unspecified atom stereocenters. The fraction of sp³-hybridized carbons (Fsp3) is 0.409. The predicted molar refractivity (Wildman–Crippen MR) is 120 cm³/mol. The van der Waals surface area contributed by atoms with E-state index in [1.54, 1.807) is 31.2 Å². The molecule has 2 atom stereocenters. The molecule has 0 aliphatic heterocycles. The molecule has 0 saturated heterocycles. The van der Waals surface area contributed by atoms with Gasteiger partial charge in [0.1, 0.15) is 6.04 Å². The van der Waals surface area contributed by atoms with Crippen molar-refractivity contribution in [2.75, 3.05) is 10.6 Å². The van der Waals surface area contributed by atoms with Crippen LogP contribution in [0.4, 0.5) is 5.69 Å². The van der Waals surface area contributed by atoms with Gasteiger partial charge < -0.3 is 5.32 Å². The molecular formula is C22H29ClN2O3S. The molecule has 29 heavy (non-hydrogen) atoms. The Morgan fingerprint density at radius 3 is 2.28 bits per heavy atom. The Hall–Kier alpha value is -2.05. The molecule has 1 N–H and O–H groups in total. The Labute approximate surface area is 179 Å². The highest BCUT2D eigenvalue weighted by Crippen LogP contribution is 2.26. The number of rotatable bonds is 8. The molecule has 0 spiro atoms. The number of carbonyl (C=O) groups excluding carboxylic acids is 1. The average Bonchev–Trinajstić information content (AvgIpc) is 2.65. The molecule has 7 heteroatoms. The van der Waals surface area contributed by atoms with E-state index in [-0.39, 0.29) is 11.9 Å². The van der Waals surface area contributed by atoms with Gasteiger partial charge in [-0.15, -0.1) is 0 Å². The number of carbonyl (C=O) groups is 1. The number of hydrogen-bond donors (Lipinski definition) is 1. The standard InChI is InChI=1S/C22H29ClN2O3S/c1-6-20(17-12-11-15(3)16(4)13-17)24-22(26)21(7-2)25(29(5,27)28)19-10-8-9-18(23)14-19/h8-14,20-21H,6-7H2,1-5H3,(H,24,26)/t20-,21-/m0/s1. The number of amides is 1. The molecule has 0 heterocycles. The van der Waals surface area contributed by atoms with Crippen molar-refractivity contribution in [3.63, 3.8) is 0 Å². The molecule has 2 rings (SSSR count). The molecule has 5 nitrogen and oxygen atoms in total. The van der Waals surface area contributed by atoms with Crippen LogP contribution in [0.3, 0.4) is 0 Å². The minimum atomic E-state index is -3.70. The van der Waals surface area contributed by atoms with Crippen molar-refractivity contribution >= 4 is 33.2 Å². The van der Waals surface area contributed by atoms with Gasteiger partial charge in [-0.2, -0.15) is 0 Å². The van der Waals surface area contributed by atoms with Gasteiger partial charge in [0.05, 0.1) is 18.0 Å². The second-order valence-corrected chi connectivity index (χ2v) is 9.57. The van der Waals surface area contributed by atoms with E-state index in [9.17, 15) is 13.2 Å². The van der Waals surface area contributed by atoms with Crippen LogP contribution in [-0.2, 0) is 14.8 Å². The predicted octanol–water partition coefficient (Wildman–Crippen LogP) is 4.77. The van der Waals surface area contributed by atoms with Crippen LogP contribution in [-0.4, -0.2) is 26.6 Å². The van der Waals surface area contributed by atoms with Crippen LogP contribution in [0, 0.1) is 13.8 Å². The van der Waals surface area contributed by atoms with Gasteiger partial charge in [0.15, 0.2) is 0 Å². The Bertz CT molecular complexity index is 976. The van der Waals surface area contributed by atoms with E-state index in [4.69, 9.17) is 11.6 Å². The summed E-state index contributed by atoms with van der Waals surface area (Å²) in [5.41, 5.74) is 3.72. The molecule has 1 amide bonds. The summed E-state index contributed by atoms with van der Waals surface area (Å²) in [5, 5.41) is 3.45. The van der Waals surface area contributed by atoms with Crippen molar-refractivity contribution in [1.29, 1.82) is 0 Å². The van der Waals surface area contributed by atoms with E-state index in [2.05, 4.69) is 11.4 Å². The lowest BCUT2D eigenvalue weighted by Gasteiger charge is -2.31. The second-order valence-electron chi connectivity index (χ2n) is 7.28. The maximum absolute atomic E-state index is 13.2.